The lowest BCUT2D eigenvalue weighted by Crippen LogP contribution is -2.32. The summed E-state index contributed by atoms with van der Waals surface area (Å²) in [6.45, 7) is 12.2. The van der Waals surface area contributed by atoms with E-state index in [1.807, 2.05) is 63.5 Å². The Balaban J connectivity index is 2.14. The van der Waals surface area contributed by atoms with E-state index in [0.29, 0.717) is 6.54 Å². The van der Waals surface area contributed by atoms with Crippen LogP contribution >= 0.6 is 11.3 Å². The van der Waals surface area contributed by atoms with Crippen molar-refractivity contribution in [1.29, 1.82) is 0 Å². The fraction of sp³-hybridized carbons (Fsp3) is 0.450. The molecule has 2 rings (SSSR count). The molecule has 0 radical (unpaired) electrons. The number of aromatic nitrogens is 1. The van der Waals surface area contributed by atoms with Crippen molar-refractivity contribution in [2.75, 3.05) is 0 Å². The van der Waals surface area contributed by atoms with Crippen LogP contribution in [0.25, 0.3) is 0 Å². The third-order valence-electron chi connectivity index (χ3n) is 3.79. The highest BCUT2D eigenvalue weighted by Crippen LogP contribution is 2.16. The molecule has 0 aliphatic heterocycles. The Kier molecular flexibility index (Phi) is 6.59. The van der Waals surface area contributed by atoms with Crippen LogP contribution in [0, 0.1) is 6.92 Å². The van der Waals surface area contributed by atoms with Gasteiger partial charge in [0.1, 0.15) is 5.60 Å². The van der Waals surface area contributed by atoms with Gasteiger partial charge in [0.25, 0.3) is 0 Å². The average Bonchev–Trinajstić information content (AvgIpc) is 2.88. The predicted molar refractivity (Wildman–Crippen MR) is 107 cm³/mol. The van der Waals surface area contributed by atoms with Gasteiger partial charge in [0.15, 0.2) is 10.6 Å². The summed E-state index contributed by atoms with van der Waals surface area (Å²) >= 11 is 1.41. The second-order valence-corrected chi connectivity index (χ2v) is 8.21. The number of ketones is 1. The van der Waals surface area contributed by atoms with Gasteiger partial charge in [0.2, 0.25) is 0 Å². The van der Waals surface area contributed by atoms with Crippen LogP contribution in [0.4, 0.5) is 10.5 Å². The number of nitrogens with one attached hydrogen (secondary N) is 1. The average molecular weight is 390 g/mol. The van der Waals surface area contributed by atoms with Crippen molar-refractivity contribution in [1.82, 2.24) is 9.88 Å². The number of carbonyl (C=O) groups is 2. The molecule has 0 bridgehead atoms. The largest absolute Gasteiger partial charge is 0.444 e. The van der Waals surface area contributed by atoms with Gasteiger partial charge in [0, 0.05) is 25.7 Å². The number of Topliss-reactive ketones (excluding diaryl/α,β-unsaturated/α-hetero) is 1. The van der Waals surface area contributed by atoms with E-state index in [2.05, 4.69) is 10.3 Å². The van der Waals surface area contributed by atoms with Gasteiger partial charge in [-0.25, -0.2) is 9.79 Å². The number of thiazole rings is 1. The van der Waals surface area contributed by atoms with Gasteiger partial charge >= 0.3 is 6.09 Å². The number of ether oxygens (including phenoxy) is 1. The molecule has 0 saturated heterocycles. The van der Waals surface area contributed by atoms with Gasteiger partial charge in [-0.2, -0.15) is 0 Å². The zero-order chi connectivity index (χ0) is 20.2. The molecular formula is C20H27N3O3S. The fourth-order valence-corrected chi connectivity index (χ4v) is 3.67. The SMILES string of the molecule is CCn1c(C)c(C(C)=O)sc1=Nc1ccc(CNC(=O)OC(C)(C)C)cc1. The van der Waals surface area contributed by atoms with E-state index >= 15 is 0 Å². The van der Waals surface area contributed by atoms with Crippen molar-refractivity contribution in [2.24, 2.45) is 4.99 Å². The number of alkyl carbamates (subject to hydrolysis) is 1. The summed E-state index contributed by atoms with van der Waals surface area (Å²) in [5, 5.41) is 2.73. The second-order valence-electron chi connectivity index (χ2n) is 7.23. The molecule has 0 atom stereocenters. The molecule has 7 heteroatoms. The lowest BCUT2D eigenvalue weighted by Gasteiger charge is -2.19. The molecule has 27 heavy (non-hydrogen) atoms. The number of hydrogen-bond donors (Lipinski definition) is 1. The van der Waals surface area contributed by atoms with Crippen molar-refractivity contribution >= 4 is 28.9 Å². The van der Waals surface area contributed by atoms with Gasteiger partial charge in [-0.3, -0.25) is 4.79 Å². The van der Waals surface area contributed by atoms with E-state index in [9.17, 15) is 9.59 Å². The Morgan fingerprint density at radius 3 is 2.37 bits per heavy atom. The molecule has 146 valence electrons. The van der Waals surface area contributed by atoms with Crippen LogP contribution in [0.5, 0.6) is 0 Å². The number of nitrogens with zero attached hydrogens (tertiary/aromatic N) is 2. The predicted octanol–water partition coefficient (Wildman–Crippen LogP) is 4.34. The zero-order valence-corrected chi connectivity index (χ0v) is 17.6. The summed E-state index contributed by atoms with van der Waals surface area (Å²) in [6, 6.07) is 7.63. The Bertz CT molecular complexity index is 887. The van der Waals surface area contributed by atoms with Crippen LogP contribution in [-0.4, -0.2) is 22.0 Å². The molecule has 1 aromatic heterocycles. The van der Waals surface area contributed by atoms with Gasteiger partial charge in [-0.05, 0) is 52.3 Å². The Morgan fingerprint density at radius 2 is 1.85 bits per heavy atom. The van der Waals surface area contributed by atoms with Crippen molar-refractivity contribution in [3.63, 3.8) is 0 Å². The topological polar surface area (TPSA) is 72.7 Å². The van der Waals surface area contributed by atoms with E-state index < -0.39 is 11.7 Å². The Hall–Kier alpha value is -2.41. The van der Waals surface area contributed by atoms with Crippen LogP contribution in [0.1, 0.15) is 55.5 Å². The third kappa shape index (κ3) is 5.79. The second kappa shape index (κ2) is 8.52. The monoisotopic (exact) mass is 389 g/mol. The Labute approximate surface area is 163 Å². The summed E-state index contributed by atoms with van der Waals surface area (Å²) in [5.74, 6) is 0.0599. The van der Waals surface area contributed by atoms with Gasteiger partial charge in [-0.15, -0.1) is 0 Å². The first-order valence-electron chi connectivity index (χ1n) is 8.92. The minimum absolute atomic E-state index is 0.0599. The van der Waals surface area contributed by atoms with Crippen molar-refractivity contribution in [2.45, 2.75) is 60.2 Å². The lowest BCUT2D eigenvalue weighted by atomic mass is 10.2. The van der Waals surface area contributed by atoms with Gasteiger partial charge < -0.3 is 14.6 Å². The third-order valence-corrected chi connectivity index (χ3v) is 5.07. The highest BCUT2D eigenvalue weighted by molar-refractivity contribution is 7.11. The number of rotatable bonds is 5. The lowest BCUT2D eigenvalue weighted by molar-refractivity contribution is 0.0523. The summed E-state index contributed by atoms with van der Waals surface area (Å²) in [5.41, 5.74) is 2.19. The molecule has 0 aliphatic rings. The molecular weight excluding hydrogens is 362 g/mol. The molecule has 6 nitrogen and oxygen atoms in total. The summed E-state index contributed by atoms with van der Waals surface area (Å²) in [4.78, 5) is 29.7. The molecule has 0 fully saturated rings. The summed E-state index contributed by atoms with van der Waals surface area (Å²) < 4.78 is 7.26. The van der Waals surface area contributed by atoms with Crippen LogP contribution in [-0.2, 0) is 17.8 Å². The van der Waals surface area contributed by atoms with Crippen molar-refractivity contribution in [3.05, 3.63) is 45.2 Å². The van der Waals surface area contributed by atoms with E-state index in [-0.39, 0.29) is 5.78 Å². The first-order valence-corrected chi connectivity index (χ1v) is 9.74. The Morgan fingerprint density at radius 1 is 1.22 bits per heavy atom. The minimum atomic E-state index is -0.515. The maximum absolute atomic E-state index is 11.8. The molecule has 1 N–H and O–H groups in total. The maximum atomic E-state index is 11.8. The number of carbonyl (C=O) groups excluding carboxylic acids is 2. The first kappa shape index (κ1) is 20.9. The molecule has 1 amide bonds. The minimum Gasteiger partial charge on any atom is -0.444 e. The van der Waals surface area contributed by atoms with Crippen molar-refractivity contribution < 1.29 is 14.3 Å². The molecule has 1 aromatic carbocycles. The molecule has 0 unspecified atom stereocenters. The molecule has 1 heterocycles. The molecule has 2 aromatic rings. The maximum Gasteiger partial charge on any atom is 0.407 e. The smallest absolute Gasteiger partial charge is 0.407 e. The highest BCUT2D eigenvalue weighted by Gasteiger charge is 2.15. The van der Waals surface area contributed by atoms with Crippen LogP contribution in [0.3, 0.4) is 0 Å². The molecule has 0 aliphatic carbocycles. The van der Waals surface area contributed by atoms with Crippen LogP contribution in [0.2, 0.25) is 0 Å². The van der Waals surface area contributed by atoms with E-state index in [4.69, 9.17) is 4.74 Å². The van der Waals surface area contributed by atoms with Crippen LogP contribution < -0.4 is 10.1 Å². The zero-order valence-electron chi connectivity index (χ0n) is 16.8. The van der Waals surface area contributed by atoms with Crippen LogP contribution in [0.15, 0.2) is 29.3 Å². The molecule has 0 spiro atoms. The molecule has 0 saturated carbocycles. The summed E-state index contributed by atoms with van der Waals surface area (Å²) in [7, 11) is 0. The standard InChI is InChI=1S/C20H27N3O3S/c1-7-23-13(2)17(14(3)24)27-18(23)22-16-10-8-15(9-11-16)12-21-19(25)26-20(4,5)6/h8-11H,7,12H2,1-6H3,(H,21,25). The van der Waals surface area contributed by atoms with Crippen molar-refractivity contribution in [3.8, 4) is 0 Å². The first-order chi connectivity index (χ1) is 12.6. The normalized spacial score (nSPS) is 12.1. The number of hydrogen-bond acceptors (Lipinski definition) is 5. The number of benzene rings is 1. The van der Waals surface area contributed by atoms with Gasteiger partial charge in [0.05, 0.1) is 10.6 Å². The van der Waals surface area contributed by atoms with E-state index in [0.717, 1.165) is 33.2 Å². The number of amides is 1. The summed E-state index contributed by atoms with van der Waals surface area (Å²) in [6.07, 6.45) is -0.439. The highest BCUT2D eigenvalue weighted by atomic mass is 32.1. The van der Waals surface area contributed by atoms with E-state index in [1.54, 1.807) is 6.92 Å². The van der Waals surface area contributed by atoms with Gasteiger partial charge in [-0.1, -0.05) is 23.5 Å². The fourth-order valence-electron chi connectivity index (χ4n) is 2.56. The quantitative estimate of drug-likeness (QED) is 0.773. The van der Waals surface area contributed by atoms with E-state index in [1.165, 1.54) is 11.3 Å².